The summed E-state index contributed by atoms with van der Waals surface area (Å²) in [6, 6.07) is 17.7. The van der Waals surface area contributed by atoms with Crippen LogP contribution in [0.1, 0.15) is 49.4 Å². The minimum Gasteiger partial charge on any atom is -0.444 e. The molecule has 0 spiro atoms. The zero-order chi connectivity index (χ0) is 21.6. The SMILES string of the molecule is Cc1cccc(CSc2nnc(C(Cc3ccccc3)NC(=O)OC(C)(C)C)o2)c1. The number of nitrogens with one attached hydrogen (secondary N) is 1. The molecule has 30 heavy (non-hydrogen) atoms. The lowest BCUT2D eigenvalue weighted by Crippen LogP contribution is -2.36. The van der Waals surface area contributed by atoms with Gasteiger partial charge in [-0.15, -0.1) is 10.2 Å². The summed E-state index contributed by atoms with van der Waals surface area (Å²) in [5, 5.41) is 11.7. The molecule has 0 aliphatic heterocycles. The van der Waals surface area contributed by atoms with Crippen molar-refractivity contribution in [2.75, 3.05) is 0 Å². The topological polar surface area (TPSA) is 77.2 Å². The fraction of sp³-hybridized carbons (Fsp3) is 0.348. The fourth-order valence-corrected chi connectivity index (χ4v) is 3.58. The van der Waals surface area contributed by atoms with Crippen LogP contribution in [-0.2, 0) is 16.9 Å². The van der Waals surface area contributed by atoms with E-state index in [0.717, 1.165) is 11.3 Å². The van der Waals surface area contributed by atoms with Crippen LogP contribution >= 0.6 is 11.8 Å². The molecule has 3 aromatic rings. The van der Waals surface area contributed by atoms with Crippen molar-refractivity contribution in [3.8, 4) is 0 Å². The van der Waals surface area contributed by atoms with Crippen LogP contribution in [0.4, 0.5) is 4.79 Å². The Bertz CT molecular complexity index is 967. The molecule has 1 unspecified atom stereocenters. The highest BCUT2D eigenvalue weighted by atomic mass is 32.2. The molecule has 1 heterocycles. The Hall–Kier alpha value is -2.80. The van der Waals surface area contributed by atoms with E-state index in [2.05, 4.69) is 40.6 Å². The van der Waals surface area contributed by atoms with Crippen molar-refractivity contribution in [1.82, 2.24) is 15.5 Å². The Morgan fingerprint density at radius 2 is 1.83 bits per heavy atom. The standard InChI is InChI=1S/C23H27N3O3S/c1-16-9-8-12-18(13-16)15-30-22-26-25-20(28-22)19(14-17-10-6-5-7-11-17)24-21(27)29-23(2,3)4/h5-13,19H,14-15H2,1-4H3,(H,24,27). The molecule has 1 amide bonds. The van der Waals surface area contributed by atoms with Crippen molar-refractivity contribution in [1.29, 1.82) is 0 Å². The van der Waals surface area contributed by atoms with Gasteiger partial charge in [0.15, 0.2) is 0 Å². The van der Waals surface area contributed by atoms with Crippen molar-refractivity contribution < 1.29 is 13.9 Å². The molecule has 6 nitrogen and oxygen atoms in total. The van der Waals surface area contributed by atoms with Crippen LogP contribution in [0.2, 0.25) is 0 Å². The zero-order valence-electron chi connectivity index (χ0n) is 17.7. The van der Waals surface area contributed by atoms with E-state index in [4.69, 9.17) is 9.15 Å². The van der Waals surface area contributed by atoms with Crippen LogP contribution in [0.5, 0.6) is 0 Å². The summed E-state index contributed by atoms with van der Waals surface area (Å²) in [6.07, 6.45) is 0.000150. The molecule has 0 bridgehead atoms. The summed E-state index contributed by atoms with van der Waals surface area (Å²) in [4.78, 5) is 12.4. The Labute approximate surface area is 181 Å². The van der Waals surface area contributed by atoms with Crippen LogP contribution in [0.25, 0.3) is 0 Å². The summed E-state index contributed by atoms with van der Waals surface area (Å²) in [6.45, 7) is 7.54. The molecule has 0 radical (unpaired) electrons. The molecular formula is C23H27N3O3S. The van der Waals surface area contributed by atoms with E-state index in [1.165, 1.54) is 22.9 Å². The fourth-order valence-electron chi connectivity index (χ4n) is 2.87. The van der Waals surface area contributed by atoms with E-state index in [-0.39, 0.29) is 0 Å². The van der Waals surface area contributed by atoms with Crippen LogP contribution in [-0.4, -0.2) is 21.9 Å². The number of carbonyl (C=O) groups excluding carboxylic acids is 1. The third kappa shape index (κ3) is 6.91. The number of aromatic nitrogens is 2. The Morgan fingerprint density at radius 3 is 2.53 bits per heavy atom. The van der Waals surface area contributed by atoms with Crippen molar-refractivity contribution in [3.05, 3.63) is 77.2 Å². The number of carbonyl (C=O) groups is 1. The number of hydrogen-bond acceptors (Lipinski definition) is 6. The average molecular weight is 426 g/mol. The van der Waals surface area contributed by atoms with E-state index >= 15 is 0 Å². The van der Waals surface area contributed by atoms with Gasteiger partial charge < -0.3 is 14.5 Å². The van der Waals surface area contributed by atoms with E-state index in [0.29, 0.717) is 17.5 Å². The Kier molecular flexibility index (Phi) is 7.15. The first-order valence-corrected chi connectivity index (χ1v) is 10.8. The van der Waals surface area contributed by atoms with Gasteiger partial charge in [0.2, 0.25) is 5.89 Å². The number of benzene rings is 2. The third-order valence-electron chi connectivity index (χ3n) is 4.14. The Morgan fingerprint density at radius 1 is 1.10 bits per heavy atom. The predicted octanol–water partition coefficient (Wildman–Crippen LogP) is 5.48. The number of alkyl carbamates (subject to hydrolysis) is 1. The highest BCUT2D eigenvalue weighted by molar-refractivity contribution is 7.98. The second-order valence-electron chi connectivity index (χ2n) is 8.07. The number of aryl methyl sites for hydroxylation is 1. The van der Waals surface area contributed by atoms with Gasteiger partial charge in [-0.1, -0.05) is 71.9 Å². The first-order chi connectivity index (χ1) is 14.3. The quantitative estimate of drug-likeness (QED) is 0.505. The van der Waals surface area contributed by atoms with Gasteiger partial charge in [-0.3, -0.25) is 0 Å². The van der Waals surface area contributed by atoms with Crippen molar-refractivity contribution >= 4 is 17.9 Å². The van der Waals surface area contributed by atoms with Crippen LogP contribution < -0.4 is 5.32 Å². The lowest BCUT2D eigenvalue weighted by atomic mass is 10.1. The first-order valence-electron chi connectivity index (χ1n) is 9.84. The monoisotopic (exact) mass is 425 g/mol. The molecule has 0 saturated carbocycles. The maximum Gasteiger partial charge on any atom is 0.408 e. The molecule has 158 valence electrons. The third-order valence-corrected chi connectivity index (χ3v) is 5.03. The van der Waals surface area contributed by atoms with Gasteiger partial charge in [-0.05, 0) is 38.8 Å². The number of ether oxygens (including phenoxy) is 1. The summed E-state index contributed by atoms with van der Waals surface area (Å²) in [5.74, 6) is 1.09. The summed E-state index contributed by atoms with van der Waals surface area (Å²) in [7, 11) is 0. The van der Waals surface area contributed by atoms with Crippen LogP contribution in [0.15, 0.2) is 64.2 Å². The highest BCUT2D eigenvalue weighted by Gasteiger charge is 2.25. The number of thioether (sulfide) groups is 1. The molecule has 0 fully saturated rings. The van der Waals surface area contributed by atoms with E-state index in [9.17, 15) is 4.79 Å². The molecule has 0 saturated heterocycles. The van der Waals surface area contributed by atoms with Crippen LogP contribution in [0, 0.1) is 6.92 Å². The number of rotatable bonds is 7. The highest BCUT2D eigenvalue weighted by Crippen LogP contribution is 2.25. The van der Waals surface area contributed by atoms with E-state index in [1.807, 2.05) is 57.2 Å². The minimum absolute atomic E-state index is 0.358. The smallest absolute Gasteiger partial charge is 0.408 e. The van der Waals surface area contributed by atoms with Gasteiger partial charge in [0.1, 0.15) is 11.6 Å². The molecule has 1 aromatic heterocycles. The van der Waals surface area contributed by atoms with Crippen molar-refractivity contribution in [2.24, 2.45) is 0 Å². The van der Waals surface area contributed by atoms with Crippen molar-refractivity contribution in [2.45, 2.75) is 56.7 Å². The lowest BCUT2D eigenvalue weighted by Gasteiger charge is -2.22. The molecular weight excluding hydrogens is 398 g/mol. The molecule has 1 N–H and O–H groups in total. The molecule has 0 aliphatic rings. The van der Waals surface area contributed by atoms with Crippen LogP contribution in [0.3, 0.4) is 0 Å². The summed E-state index contributed by atoms with van der Waals surface area (Å²) < 4.78 is 11.3. The van der Waals surface area contributed by atoms with Crippen molar-refractivity contribution in [3.63, 3.8) is 0 Å². The number of hydrogen-bond donors (Lipinski definition) is 1. The normalized spacial score (nSPS) is 12.4. The zero-order valence-corrected chi connectivity index (χ0v) is 18.5. The van der Waals surface area contributed by atoms with Gasteiger partial charge in [-0.2, -0.15) is 0 Å². The Balaban J connectivity index is 1.71. The molecule has 7 heteroatoms. The van der Waals surface area contributed by atoms with Gasteiger partial charge in [-0.25, -0.2) is 4.79 Å². The molecule has 2 aromatic carbocycles. The maximum absolute atomic E-state index is 12.4. The average Bonchev–Trinajstić information content (AvgIpc) is 3.14. The number of nitrogens with zero attached hydrogens (tertiary/aromatic N) is 2. The second-order valence-corrected chi connectivity index (χ2v) is 9.00. The van der Waals surface area contributed by atoms with Gasteiger partial charge >= 0.3 is 6.09 Å². The van der Waals surface area contributed by atoms with E-state index in [1.54, 1.807) is 0 Å². The number of amides is 1. The second kappa shape index (κ2) is 9.80. The lowest BCUT2D eigenvalue weighted by molar-refractivity contribution is 0.0494. The largest absolute Gasteiger partial charge is 0.444 e. The minimum atomic E-state index is -0.592. The molecule has 1 atom stereocenters. The van der Waals surface area contributed by atoms with Gasteiger partial charge in [0, 0.05) is 12.2 Å². The molecule has 3 rings (SSSR count). The van der Waals surface area contributed by atoms with E-state index < -0.39 is 17.7 Å². The first kappa shape index (κ1) is 21.9. The summed E-state index contributed by atoms with van der Waals surface area (Å²) in [5.41, 5.74) is 2.85. The maximum atomic E-state index is 12.4. The predicted molar refractivity (Wildman–Crippen MR) is 117 cm³/mol. The van der Waals surface area contributed by atoms with Gasteiger partial charge in [0.05, 0.1) is 0 Å². The summed E-state index contributed by atoms with van der Waals surface area (Å²) >= 11 is 1.47. The molecule has 0 aliphatic carbocycles. The van der Waals surface area contributed by atoms with Gasteiger partial charge in [0.25, 0.3) is 5.22 Å².